The van der Waals surface area contributed by atoms with Crippen LogP contribution in [0.1, 0.15) is 28.9 Å². The number of aliphatic hydroxyl groups is 1. The van der Waals surface area contributed by atoms with E-state index in [2.05, 4.69) is 15.4 Å². The summed E-state index contributed by atoms with van der Waals surface area (Å²) in [6, 6.07) is 4.22. The van der Waals surface area contributed by atoms with E-state index in [0.717, 1.165) is 0 Å². The quantitative estimate of drug-likeness (QED) is 0.883. The minimum absolute atomic E-state index is 0.0237. The number of ether oxygens (including phenoxy) is 1. The minimum atomic E-state index is -1.29. The molecule has 1 aliphatic rings. The number of aromatic amines is 1. The molecule has 1 saturated heterocycles. The smallest absolute Gasteiger partial charge is 0.260 e. The zero-order valence-electron chi connectivity index (χ0n) is 12.6. The van der Waals surface area contributed by atoms with Gasteiger partial charge in [0.2, 0.25) is 0 Å². The van der Waals surface area contributed by atoms with Crippen LogP contribution in [0.25, 0.3) is 0 Å². The lowest BCUT2D eigenvalue weighted by molar-refractivity contribution is -0.0322. The number of methoxy groups -OCH3 is 1. The molecule has 1 amide bonds. The SMILES string of the molecule is COc1cccc(F)c1C(=O)N1CCCC(O)(c2cn[nH]n2)C1. The van der Waals surface area contributed by atoms with E-state index in [9.17, 15) is 14.3 Å². The third-order valence-electron chi connectivity index (χ3n) is 4.06. The molecule has 2 heterocycles. The van der Waals surface area contributed by atoms with E-state index in [1.807, 2.05) is 0 Å². The number of carbonyl (C=O) groups excluding carboxylic acids is 1. The molecular formula is C15H17FN4O3. The first kappa shape index (κ1) is 15.4. The van der Waals surface area contributed by atoms with Gasteiger partial charge in [0.1, 0.15) is 28.4 Å². The molecule has 122 valence electrons. The number of halogens is 1. The van der Waals surface area contributed by atoms with E-state index in [-0.39, 0.29) is 17.9 Å². The number of rotatable bonds is 3. The van der Waals surface area contributed by atoms with E-state index in [0.29, 0.717) is 25.1 Å². The summed E-state index contributed by atoms with van der Waals surface area (Å²) in [6.07, 6.45) is 2.46. The maximum atomic E-state index is 14.1. The monoisotopic (exact) mass is 320 g/mol. The first-order valence-electron chi connectivity index (χ1n) is 7.25. The fourth-order valence-corrected chi connectivity index (χ4v) is 2.88. The zero-order chi connectivity index (χ0) is 16.4. The molecule has 1 aromatic heterocycles. The number of likely N-dealkylation sites (tertiary alicyclic amines) is 1. The normalized spacial score (nSPS) is 21.3. The average molecular weight is 320 g/mol. The Hall–Kier alpha value is -2.48. The summed E-state index contributed by atoms with van der Waals surface area (Å²) in [5, 5.41) is 20.8. The molecule has 2 aromatic rings. The summed E-state index contributed by atoms with van der Waals surface area (Å²) >= 11 is 0. The topological polar surface area (TPSA) is 91.3 Å². The Morgan fingerprint density at radius 1 is 1.52 bits per heavy atom. The van der Waals surface area contributed by atoms with Crippen molar-refractivity contribution in [1.29, 1.82) is 0 Å². The van der Waals surface area contributed by atoms with Crippen LogP contribution in [0.5, 0.6) is 5.75 Å². The van der Waals surface area contributed by atoms with Gasteiger partial charge < -0.3 is 14.7 Å². The van der Waals surface area contributed by atoms with Crippen LogP contribution in [-0.2, 0) is 5.60 Å². The zero-order valence-corrected chi connectivity index (χ0v) is 12.6. The predicted octanol–water partition coefficient (Wildman–Crippen LogP) is 1.08. The number of aromatic nitrogens is 3. The highest BCUT2D eigenvalue weighted by atomic mass is 19.1. The van der Waals surface area contributed by atoms with E-state index in [1.165, 1.54) is 36.4 Å². The highest BCUT2D eigenvalue weighted by molar-refractivity contribution is 5.97. The predicted molar refractivity (Wildman–Crippen MR) is 78.4 cm³/mol. The Bertz CT molecular complexity index is 707. The first-order chi connectivity index (χ1) is 11.0. The molecule has 1 unspecified atom stereocenters. The van der Waals surface area contributed by atoms with Gasteiger partial charge in [-0.05, 0) is 25.0 Å². The van der Waals surface area contributed by atoms with Gasteiger partial charge in [0.25, 0.3) is 5.91 Å². The fourth-order valence-electron chi connectivity index (χ4n) is 2.88. The Labute approximate surface area is 132 Å². The average Bonchev–Trinajstić information content (AvgIpc) is 3.09. The van der Waals surface area contributed by atoms with E-state index in [1.54, 1.807) is 0 Å². The maximum Gasteiger partial charge on any atom is 0.260 e. The lowest BCUT2D eigenvalue weighted by Gasteiger charge is -2.38. The van der Waals surface area contributed by atoms with Gasteiger partial charge in [0.15, 0.2) is 0 Å². The third kappa shape index (κ3) is 2.77. The number of β-amino-alcohol motifs (C(OH)–C–C–N with tert-alkyl or cyclic N) is 1. The van der Waals surface area contributed by atoms with Gasteiger partial charge in [0.05, 0.1) is 19.9 Å². The summed E-state index contributed by atoms with van der Waals surface area (Å²) in [7, 11) is 1.38. The standard InChI is InChI=1S/C15H17FN4O3/c1-23-11-5-2-4-10(16)13(11)14(21)20-7-3-6-15(22,9-20)12-8-17-19-18-12/h2,4-5,8,22H,3,6-7,9H2,1H3,(H,17,18,19). The van der Waals surface area contributed by atoms with E-state index >= 15 is 0 Å². The van der Waals surface area contributed by atoms with Crippen LogP contribution >= 0.6 is 0 Å². The van der Waals surface area contributed by atoms with Crippen molar-refractivity contribution in [2.75, 3.05) is 20.2 Å². The van der Waals surface area contributed by atoms with Gasteiger partial charge in [-0.2, -0.15) is 15.4 Å². The number of nitrogens with one attached hydrogen (secondary N) is 1. The molecule has 23 heavy (non-hydrogen) atoms. The van der Waals surface area contributed by atoms with Gasteiger partial charge >= 0.3 is 0 Å². The second-order valence-corrected chi connectivity index (χ2v) is 5.53. The lowest BCUT2D eigenvalue weighted by Crippen LogP contribution is -2.49. The number of nitrogens with zero attached hydrogens (tertiary/aromatic N) is 3. The molecule has 0 aliphatic carbocycles. The number of piperidine rings is 1. The van der Waals surface area contributed by atoms with Crippen molar-refractivity contribution in [3.8, 4) is 5.75 Å². The van der Waals surface area contributed by atoms with Crippen LogP contribution in [0.15, 0.2) is 24.4 Å². The molecule has 0 bridgehead atoms. The Morgan fingerprint density at radius 3 is 3.04 bits per heavy atom. The molecule has 1 aromatic carbocycles. The van der Waals surface area contributed by atoms with E-state index < -0.39 is 17.3 Å². The minimum Gasteiger partial charge on any atom is -0.496 e. The van der Waals surface area contributed by atoms with Gasteiger partial charge in [-0.3, -0.25) is 4.79 Å². The number of amides is 1. The molecule has 1 fully saturated rings. The largest absolute Gasteiger partial charge is 0.496 e. The molecule has 0 spiro atoms. The number of H-pyrrole nitrogens is 1. The third-order valence-corrected chi connectivity index (χ3v) is 4.06. The van der Waals surface area contributed by atoms with Crippen molar-refractivity contribution < 1.29 is 19.0 Å². The van der Waals surface area contributed by atoms with Crippen molar-refractivity contribution in [3.63, 3.8) is 0 Å². The molecule has 3 rings (SSSR count). The first-order valence-corrected chi connectivity index (χ1v) is 7.25. The Kier molecular flexibility index (Phi) is 3.99. The molecular weight excluding hydrogens is 303 g/mol. The van der Waals surface area contributed by atoms with Gasteiger partial charge in [-0.1, -0.05) is 6.07 Å². The van der Waals surface area contributed by atoms with Crippen molar-refractivity contribution in [2.24, 2.45) is 0 Å². The van der Waals surface area contributed by atoms with Crippen molar-refractivity contribution in [3.05, 3.63) is 41.5 Å². The summed E-state index contributed by atoms with van der Waals surface area (Å²) in [5.74, 6) is -0.989. The molecule has 2 N–H and O–H groups in total. The summed E-state index contributed by atoms with van der Waals surface area (Å²) in [6.45, 7) is 0.451. The second-order valence-electron chi connectivity index (χ2n) is 5.53. The van der Waals surface area contributed by atoms with E-state index in [4.69, 9.17) is 4.74 Å². The summed E-state index contributed by atoms with van der Waals surface area (Å²) < 4.78 is 19.2. The van der Waals surface area contributed by atoms with Crippen LogP contribution in [0.2, 0.25) is 0 Å². The molecule has 0 saturated carbocycles. The van der Waals surface area contributed by atoms with Gasteiger partial charge in [-0.15, -0.1) is 0 Å². The number of carbonyl (C=O) groups is 1. The molecule has 1 aliphatic heterocycles. The van der Waals surface area contributed by atoms with Crippen molar-refractivity contribution in [2.45, 2.75) is 18.4 Å². The second kappa shape index (κ2) is 5.96. The molecule has 0 radical (unpaired) electrons. The Balaban J connectivity index is 1.89. The summed E-state index contributed by atoms with van der Waals surface area (Å²) in [5.41, 5.74) is -1.05. The number of hydrogen-bond acceptors (Lipinski definition) is 5. The van der Waals surface area contributed by atoms with Crippen LogP contribution < -0.4 is 4.74 Å². The van der Waals surface area contributed by atoms with Crippen LogP contribution in [0.4, 0.5) is 4.39 Å². The fraction of sp³-hybridized carbons (Fsp3) is 0.400. The highest BCUT2D eigenvalue weighted by Crippen LogP contribution is 2.32. The molecule has 8 heteroatoms. The summed E-state index contributed by atoms with van der Waals surface area (Å²) in [4.78, 5) is 14.1. The van der Waals surface area contributed by atoms with Gasteiger partial charge in [0, 0.05) is 6.54 Å². The van der Waals surface area contributed by atoms with Gasteiger partial charge in [-0.25, -0.2) is 4.39 Å². The van der Waals surface area contributed by atoms with Crippen LogP contribution in [0.3, 0.4) is 0 Å². The lowest BCUT2D eigenvalue weighted by atomic mass is 9.89. The highest BCUT2D eigenvalue weighted by Gasteiger charge is 2.39. The van der Waals surface area contributed by atoms with Crippen molar-refractivity contribution in [1.82, 2.24) is 20.3 Å². The molecule has 1 atom stereocenters. The number of benzene rings is 1. The maximum absolute atomic E-state index is 14.1. The van der Waals surface area contributed by atoms with Crippen molar-refractivity contribution >= 4 is 5.91 Å². The Morgan fingerprint density at radius 2 is 2.35 bits per heavy atom. The van der Waals surface area contributed by atoms with Crippen LogP contribution in [0, 0.1) is 5.82 Å². The van der Waals surface area contributed by atoms with Crippen LogP contribution in [-0.4, -0.2) is 51.5 Å². The number of hydrogen-bond donors (Lipinski definition) is 2. The molecule has 7 nitrogen and oxygen atoms in total.